The Morgan fingerprint density at radius 3 is 3.04 bits per heavy atom. The molecule has 0 bridgehead atoms. The fourth-order valence-corrected chi connectivity index (χ4v) is 3.82. The van der Waals surface area contributed by atoms with Crippen molar-refractivity contribution in [2.45, 2.75) is 32.2 Å². The number of benzene rings is 1. The number of fused-ring (bicyclic) bond motifs is 1. The van der Waals surface area contributed by atoms with Crippen LogP contribution in [0, 0.1) is 12.8 Å². The minimum absolute atomic E-state index is 0.0144. The molecule has 6 heteroatoms. The summed E-state index contributed by atoms with van der Waals surface area (Å²) in [4.78, 5) is 15.0. The summed E-state index contributed by atoms with van der Waals surface area (Å²) >= 11 is 6.07. The first-order valence-electron chi connectivity index (χ1n) is 8.27. The largest absolute Gasteiger partial charge is 0.492 e. The Labute approximate surface area is 145 Å². The molecule has 126 valence electrons. The van der Waals surface area contributed by atoms with Crippen molar-refractivity contribution < 1.29 is 14.1 Å². The third kappa shape index (κ3) is 2.77. The fraction of sp³-hybridized carbons (Fsp3) is 0.444. The first kappa shape index (κ1) is 15.5. The van der Waals surface area contributed by atoms with E-state index in [0.29, 0.717) is 18.1 Å². The number of ether oxygens (including phenoxy) is 1. The van der Waals surface area contributed by atoms with Crippen molar-refractivity contribution in [1.82, 2.24) is 10.1 Å². The summed E-state index contributed by atoms with van der Waals surface area (Å²) < 4.78 is 11.2. The van der Waals surface area contributed by atoms with Crippen LogP contribution in [0.1, 0.15) is 35.9 Å². The molecule has 2 atom stereocenters. The molecule has 1 saturated heterocycles. The number of aromatic nitrogens is 1. The number of likely N-dealkylation sites (tertiary alicyclic amines) is 1. The molecule has 2 aliphatic heterocycles. The number of rotatable bonds is 2. The molecule has 1 amide bonds. The lowest BCUT2D eigenvalue weighted by atomic mass is 9.95. The van der Waals surface area contributed by atoms with E-state index >= 15 is 0 Å². The van der Waals surface area contributed by atoms with Crippen LogP contribution in [0.3, 0.4) is 0 Å². The highest BCUT2D eigenvalue weighted by Gasteiger charge is 2.37. The van der Waals surface area contributed by atoms with Crippen molar-refractivity contribution in [1.29, 1.82) is 0 Å². The molecule has 5 nitrogen and oxygen atoms in total. The Hall–Kier alpha value is -2.01. The molecule has 0 spiro atoms. The van der Waals surface area contributed by atoms with Crippen LogP contribution in [0.25, 0.3) is 0 Å². The zero-order valence-corrected chi connectivity index (χ0v) is 14.3. The summed E-state index contributed by atoms with van der Waals surface area (Å²) in [5, 5.41) is 4.62. The minimum atomic E-state index is -0.180. The number of carbonyl (C=O) groups excluding carboxylic acids is 1. The first-order valence-corrected chi connectivity index (χ1v) is 8.64. The fourth-order valence-electron chi connectivity index (χ4n) is 3.62. The standard InChI is InChI=1S/C18H19ClN2O3/c1-11-7-17(24-20-11)15-3-2-6-21(15)18(22)13-8-12-9-14(19)4-5-16(12)23-10-13/h4-5,7,9,13,15H,2-3,6,8,10H2,1H3/t13-,15-/m1/s1. The molecule has 2 aliphatic rings. The van der Waals surface area contributed by atoms with Gasteiger partial charge in [0, 0.05) is 17.6 Å². The topological polar surface area (TPSA) is 55.6 Å². The van der Waals surface area contributed by atoms with Gasteiger partial charge in [-0.25, -0.2) is 0 Å². The highest BCUT2D eigenvalue weighted by Crippen LogP contribution is 2.36. The quantitative estimate of drug-likeness (QED) is 0.834. The molecule has 2 aromatic rings. The van der Waals surface area contributed by atoms with Gasteiger partial charge in [-0.2, -0.15) is 0 Å². The van der Waals surface area contributed by atoms with Crippen molar-refractivity contribution in [3.8, 4) is 5.75 Å². The van der Waals surface area contributed by atoms with Crippen LogP contribution in [0.4, 0.5) is 0 Å². The maximum absolute atomic E-state index is 13.0. The lowest BCUT2D eigenvalue weighted by Gasteiger charge is -2.30. The van der Waals surface area contributed by atoms with E-state index < -0.39 is 0 Å². The molecule has 1 fully saturated rings. The van der Waals surface area contributed by atoms with Gasteiger partial charge >= 0.3 is 0 Å². The molecule has 4 rings (SSSR count). The molecule has 1 aromatic heterocycles. The van der Waals surface area contributed by atoms with Crippen LogP contribution in [-0.4, -0.2) is 29.1 Å². The third-order valence-electron chi connectivity index (χ3n) is 4.79. The van der Waals surface area contributed by atoms with E-state index in [1.807, 2.05) is 36.1 Å². The molecule has 0 saturated carbocycles. The van der Waals surface area contributed by atoms with Crippen molar-refractivity contribution in [2.24, 2.45) is 5.92 Å². The highest BCUT2D eigenvalue weighted by molar-refractivity contribution is 6.30. The monoisotopic (exact) mass is 346 g/mol. The summed E-state index contributed by atoms with van der Waals surface area (Å²) in [6, 6.07) is 7.47. The second kappa shape index (κ2) is 6.13. The smallest absolute Gasteiger partial charge is 0.230 e. The van der Waals surface area contributed by atoms with Crippen molar-refractivity contribution in [2.75, 3.05) is 13.2 Å². The van der Waals surface area contributed by atoms with Gasteiger partial charge in [-0.15, -0.1) is 0 Å². The van der Waals surface area contributed by atoms with E-state index in [1.54, 1.807) is 0 Å². The van der Waals surface area contributed by atoms with E-state index in [2.05, 4.69) is 5.16 Å². The molecule has 0 radical (unpaired) electrons. The Morgan fingerprint density at radius 2 is 2.25 bits per heavy atom. The molecule has 0 N–H and O–H groups in total. The van der Waals surface area contributed by atoms with Gasteiger partial charge in [-0.3, -0.25) is 4.79 Å². The van der Waals surface area contributed by atoms with Gasteiger partial charge < -0.3 is 14.2 Å². The zero-order valence-electron chi connectivity index (χ0n) is 13.5. The Bertz CT molecular complexity index is 773. The number of amides is 1. The average Bonchev–Trinajstić information content (AvgIpc) is 3.22. The van der Waals surface area contributed by atoms with Gasteiger partial charge in [0.2, 0.25) is 5.91 Å². The number of aryl methyl sites for hydroxylation is 1. The van der Waals surface area contributed by atoms with Crippen LogP contribution >= 0.6 is 11.6 Å². The number of hydrogen-bond acceptors (Lipinski definition) is 4. The van der Waals surface area contributed by atoms with Gasteiger partial charge in [0.15, 0.2) is 5.76 Å². The van der Waals surface area contributed by atoms with Gasteiger partial charge in [0.1, 0.15) is 12.4 Å². The number of nitrogens with zero attached hydrogens (tertiary/aromatic N) is 2. The number of carbonyl (C=O) groups is 1. The van der Waals surface area contributed by atoms with Gasteiger partial charge in [-0.05, 0) is 49.9 Å². The average molecular weight is 347 g/mol. The molecule has 1 aromatic carbocycles. The van der Waals surface area contributed by atoms with E-state index in [-0.39, 0.29) is 17.9 Å². The predicted molar refractivity (Wildman–Crippen MR) is 89.1 cm³/mol. The molecule has 3 heterocycles. The van der Waals surface area contributed by atoms with Crippen molar-refractivity contribution in [3.05, 3.63) is 46.3 Å². The SMILES string of the molecule is Cc1cc([C@H]2CCCN2C(=O)[C@H]2COc3ccc(Cl)cc3C2)on1. The van der Waals surface area contributed by atoms with Crippen LogP contribution in [0.15, 0.2) is 28.8 Å². The molecular formula is C18H19ClN2O3. The lowest BCUT2D eigenvalue weighted by molar-refractivity contribution is -0.138. The second-order valence-corrected chi connectivity index (χ2v) is 6.96. The van der Waals surface area contributed by atoms with Gasteiger partial charge in [0.25, 0.3) is 0 Å². The third-order valence-corrected chi connectivity index (χ3v) is 5.02. The molecular weight excluding hydrogens is 328 g/mol. The lowest BCUT2D eigenvalue weighted by Crippen LogP contribution is -2.40. The van der Waals surface area contributed by atoms with Crippen LogP contribution in [0.5, 0.6) is 5.75 Å². The Morgan fingerprint density at radius 1 is 1.38 bits per heavy atom. The van der Waals surface area contributed by atoms with Crippen molar-refractivity contribution in [3.63, 3.8) is 0 Å². The summed E-state index contributed by atoms with van der Waals surface area (Å²) in [7, 11) is 0. The van der Waals surface area contributed by atoms with Gasteiger partial charge in [0.05, 0.1) is 17.7 Å². The molecule has 0 aliphatic carbocycles. The minimum Gasteiger partial charge on any atom is -0.492 e. The normalized spacial score (nSPS) is 23.0. The van der Waals surface area contributed by atoms with E-state index in [9.17, 15) is 4.79 Å². The summed E-state index contributed by atoms with van der Waals surface area (Å²) in [6.07, 6.45) is 2.55. The van der Waals surface area contributed by atoms with E-state index in [4.69, 9.17) is 20.9 Å². The summed E-state index contributed by atoms with van der Waals surface area (Å²) in [5.74, 6) is 1.54. The second-order valence-electron chi connectivity index (χ2n) is 6.52. The first-order chi connectivity index (χ1) is 11.6. The van der Waals surface area contributed by atoms with Gasteiger partial charge in [-0.1, -0.05) is 16.8 Å². The summed E-state index contributed by atoms with van der Waals surface area (Å²) in [5.41, 5.74) is 1.84. The maximum atomic E-state index is 13.0. The number of halogens is 1. The van der Waals surface area contributed by atoms with E-state index in [0.717, 1.165) is 42.2 Å². The van der Waals surface area contributed by atoms with Crippen LogP contribution in [-0.2, 0) is 11.2 Å². The van der Waals surface area contributed by atoms with Crippen LogP contribution < -0.4 is 4.74 Å². The molecule has 24 heavy (non-hydrogen) atoms. The summed E-state index contributed by atoms with van der Waals surface area (Å²) in [6.45, 7) is 3.05. The highest BCUT2D eigenvalue weighted by atomic mass is 35.5. The van der Waals surface area contributed by atoms with E-state index in [1.165, 1.54) is 0 Å². The maximum Gasteiger partial charge on any atom is 0.230 e. The molecule has 0 unspecified atom stereocenters. The Kier molecular flexibility index (Phi) is 3.96. The predicted octanol–water partition coefficient (Wildman–Crippen LogP) is 3.55. The van der Waals surface area contributed by atoms with Crippen LogP contribution in [0.2, 0.25) is 5.02 Å². The zero-order chi connectivity index (χ0) is 16.7. The number of hydrogen-bond donors (Lipinski definition) is 0. The van der Waals surface area contributed by atoms with Crippen molar-refractivity contribution >= 4 is 17.5 Å². The Balaban J connectivity index is 1.53.